The highest BCUT2D eigenvalue weighted by atomic mass is 16.7. The van der Waals surface area contributed by atoms with Crippen LogP contribution < -0.4 is 5.32 Å². The molecular formula is C92H165NO13. The van der Waals surface area contributed by atoms with Crippen LogP contribution >= 0.6 is 0 Å². The summed E-state index contributed by atoms with van der Waals surface area (Å²) < 4.78 is 23.0. The minimum atomic E-state index is -1.79. The number of carbonyl (C=O) groups excluding carboxylic acids is 1. The Kier molecular flexibility index (Phi) is 69.7. The molecule has 2 saturated heterocycles. The summed E-state index contributed by atoms with van der Waals surface area (Å²) in [5.41, 5.74) is 0. The molecule has 12 atom stereocenters. The van der Waals surface area contributed by atoms with E-state index >= 15 is 0 Å². The van der Waals surface area contributed by atoms with E-state index in [0.29, 0.717) is 12.8 Å². The topological polar surface area (TPSA) is 228 Å². The average Bonchev–Trinajstić information content (AvgIpc) is 0.790. The lowest BCUT2D eigenvalue weighted by molar-refractivity contribution is -0.359. The molecule has 1 amide bonds. The fourth-order valence-corrected chi connectivity index (χ4v) is 14.4. The van der Waals surface area contributed by atoms with Crippen molar-refractivity contribution >= 4 is 5.91 Å². The summed E-state index contributed by atoms with van der Waals surface area (Å²) in [4.78, 5) is 13.4. The number of hydrogen-bond acceptors (Lipinski definition) is 13. The van der Waals surface area contributed by atoms with Crippen molar-refractivity contribution in [3.8, 4) is 0 Å². The van der Waals surface area contributed by atoms with Crippen LogP contribution in [0.4, 0.5) is 0 Å². The maximum Gasteiger partial charge on any atom is 0.220 e. The van der Waals surface area contributed by atoms with Gasteiger partial charge in [0.05, 0.1) is 32.0 Å². The zero-order valence-corrected chi connectivity index (χ0v) is 67.9. The van der Waals surface area contributed by atoms with Crippen LogP contribution in [0.25, 0.3) is 0 Å². The molecule has 616 valence electrons. The van der Waals surface area contributed by atoms with Crippen molar-refractivity contribution in [2.45, 2.75) is 460 Å². The number of rotatable bonds is 75. The molecule has 2 heterocycles. The Bertz CT molecular complexity index is 2160. The summed E-state index contributed by atoms with van der Waals surface area (Å²) in [6.45, 7) is 2.80. The van der Waals surface area contributed by atoms with Crippen molar-refractivity contribution in [1.82, 2.24) is 5.32 Å². The lowest BCUT2D eigenvalue weighted by Crippen LogP contribution is -2.65. The molecule has 0 aromatic heterocycles. The molecule has 0 radical (unpaired) electrons. The molecule has 0 spiro atoms. The summed E-state index contributed by atoms with van der Waals surface area (Å²) in [5, 5.41) is 88.1. The third kappa shape index (κ3) is 56.2. The maximum atomic E-state index is 13.4. The van der Waals surface area contributed by atoms with Crippen LogP contribution in [0.2, 0.25) is 0 Å². The molecule has 14 nitrogen and oxygen atoms in total. The highest BCUT2D eigenvalue weighted by Crippen LogP contribution is 2.31. The fourth-order valence-electron chi connectivity index (χ4n) is 14.4. The second kappa shape index (κ2) is 74.6. The largest absolute Gasteiger partial charge is 0.394 e. The molecule has 2 aliphatic rings. The number of nitrogens with one attached hydrogen (secondary N) is 1. The van der Waals surface area contributed by atoms with Gasteiger partial charge in [-0.25, -0.2) is 0 Å². The molecule has 106 heavy (non-hydrogen) atoms. The van der Waals surface area contributed by atoms with Gasteiger partial charge >= 0.3 is 0 Å². The molecule has 0 aromatic rings. The van der Waals surface area contributed by atoms with E-state index in [9.17, 15) is 45.6 Å². The highest BCUT2D eigenvalue weighted by Gasteiger charge is 2.51. The lowest BCUT2D eigenvalue weighted by atomic mass is 9.97. The number of ether oxygens (including phenoxy) is 4. The second-order valence-corrected chi connectivity index (χ2v) is 31.0. The number of amides is 1. The second-order valence-electron chi connectivity index (χ2n) is 31.0. The third-order valence-electron chi connectivity index (χ3n) is 21.3. The van der Waals surface area contributed by atoms with Gasteiger partial charge in [-0.05, 0) is 77.0 Å². The zero-order valence-electron chi connectivity index (χ0n) is 67.9. The first-order chi connectivity index (χ1) is 52.1. The van der Waals surface area contributed by atoms with Crippen LogP contribution in [0.1, 0.15) is 386 Å². The molecule has 2 aliphatic heterocycles. The van der Waals surface area contributed by atoms with E-state index in [2.05, 4.69) is 116 Å². The normalized spacial score (nSPS) is 21.8. The van der Waals surface area contributed by atoms with Gasteiger partial charge in [0.2, 0.25) is 5.91 Å². The SMILES string of the molecule is CC/C=C\C/C=C\C/C=C\C/C=C\C/C=C\C/C=C\C/C=C\C/C=C\CCCCCCCCCCCCCCCCCCC(=O)NC(COC1OC(CO)C(OC2OC(CO)C(O)C(O)C2O)C(O)C1O)C(O)CCCCCCCCCCCCCCCCCCCCCCCCCCCCCCCCC. The first-order valence-corrected chi connectivity index (χ1v) is 44.5. The van der Waals surface area contributed by atoms with Crippen molar-refractivity contribution in [3.63, 3.8) is 0 Å². The van der Waals surface area contributed by atoms with Gasteiger partial charge in [0.15, 0.2) is 12.6 Å². The highest BCUT2D eigenvalue weighted by molar-refractivity contribution is 5.76. The van der Waals surface area contributed by atoms with E-state index < -0.39 is 86.8 Å². The molecule has 0 bridgehead atoms. The maximum absolute atomic E-state index is 13.4. The Hall–Kier alpha value is -3.09. The van der Waals surface area contributed by atoms with Gasteiger partial charge in [0.25, 0.3) is 0 Å². The van der Waals surface area contributed by atoms with Crippen LogP contribution in [0.15, 0.2) is 97.2 Å². The van der Waals surface area contributed by atoms with Gasteiger partial charge in [-0.2, -0.15) is 0 Å². The Morgan fingerprint density at radius 2 is 0.651 bits per heavy atom. The standard InChI is InChI=1S/C92H165NO13/c1-3-5-7-9-11-13-15-17-19-21-23-25-27-29-31-33-35-36-37-38-39-40-41-42-43-44-46-48-50-52-54-56-58-60-62-64-66-68-70-72-74-76-84(97)93-80(79-103-91-89(102)87(100)90(83(78-95)105-91)106-92-88(101)86(99)85(98)82(77-94)104-92)81(96)75-73-71-69-67-65-63-61-59-57-55-53-51-49-47-45-34-32-30-28-26-24-22-20-18-16-14-12-10-8-6-4-2/h5,7,11,13,17,19,23,25,29,31,35-36,38-39,41-42,80-83,85-92,94-96,98-102H,3-4,6,8-10,12,14-16,18,20-22,24,26-28,30,32-34,37,40,43-79H2,1-2H3,(H,93,97)/b7-5-,13-11-,19-17-,25-23-,31-29-,36-35-,39-38-,42-41-. The van der Waals surface area contributed by atoms with E-state index in [4.69, 9.17) is 18.9 Å². The predicted octanol–water partition coefficient (Wildman–Crippen LogP) is 21.6. The van der Waals surface area contributed by atoms with E-state index in [0.717, 1.165) is 103 Å². The minimum absolute atomic E-state index is 0.203. The van der Waals surface area contributed by atoms with Crippen LogP contribution in [-0.2, 0) is 23.7 Å². The van der Waals surface area contributed by atoms with Gasteiger partial charge in [0.1, 0.15) is 48.8 Å². The van der Waals surface area contributed by atoms with E-state index in [1.54, 1.807) is 0 Å². The van der Waals surface area contributed by atoms with Gasteiger partial charge in [-0.3, -0.25) is 4.79 Å². The summed E-state index contributed by atoms with van der Waals surface area (Å²) >= 11 is 0. The van der Waals surface area contributed by atoms with Crippen LogP contribution in [0.5, 0.6) is 0 Å². The molecule has 0 saturated carbocycles. The van der Waals surface area contributed by atoms with Crippen molar-refractivity contribution in [1.29, 1.82) is 0 Å². The lowest BCUT2D eigenvalue weighted by Gasteiger charge is -2.46. The molecule has 9 N–H and O–H groups in total. The van der Waals surface area contributed by atoms with Crippen molar-refractivity contribution in [2.75, 3.05) is 19.8 Å². The fraction of sp³-hybridized carbons (Fsp3) is 0.815. The van der Waals surface area contributed by atoms with Gasteiger partial charge in [-0.1, -0.05) is 400 Å². The van der Waals surface area contributed by atoms with E-state index in [1.165, 1.54) is 257 Å². The Balaban J connectivity index is 1.56. The summed E-state index contributed by atoms with van der Waals surface area (Å²) in [6.07, 6.45) is 90.4. The average molecular weight is 1490 g/mol. The molecule has 14 heteroatoms. The van der Waals surface area contributed by atoms with Gasteiger partial charge in [0, 0.05) is 6.42 Å². The Labute approximate surface area is 649 Å². The van der Waals surface area contributed by atoms with Crippen molar-refractivity contribution in [3.05, 3.63) is 97.2 Å². The smallest absolute Gasteiger partial charge is 0.220 e. The van der Waals surface area contributed by atoms with Gasteiger partial charge in [-0.15, -0.1) is 0 Å². The number of carbonyl (C=O) groups is 1. The van der Waals surface area contributed by atoms with Gasteiger partial charge < -0.3 is 65.1 Å². The molecule has 12 unspecified atom stereocenters. The molecule has 0 aromatic carbocycles. The monoisotopic (exact) mass is 1490 g/mol. The first kappa shape index (κ1) is 99.0. The first-order valence-electron chi connectivity index (χ1n) is 44.5. The molecular weight excluding hydrogens is 1330 g/mol. The number of hydrogen-bond donors (Lipinski definition) is 9. The summed E-state index contributed by atoms with van der Waals surface area (Å²) in [7, 11) is 0. The number of unbranched alkanes of at least 4 members (excludes halogenated alkanes) is 46. The van der Waals surface area contributed by atoms with Crippen LogP contribution in [-0.4, -0.2) is 140 Å². The quantitative estimate of drug-likeness (QED) is 0.0204. The van der Waals surface area contributed by atoms with E-state index in [-0.39, 0.29) is 12.5 Å². The number of aliphatic hydroxyl groups is 8. The predicted molar refractivity (Wildman–Crippen MR) is 443 cm³/mol. The molecule has 0 aliphatic carbocycles. The molecule has 2 rings (SSSR count). The minimum Gasteiger partial charge on any atom is -0.394 e. The zero-order chi connectivity index (χ0) is 76.5. The summed E-state index contributed by atoms with van der Waals surface area (Å²) in [6, 6.07) is -0.835. The third-order valence-corrected chi connectivity index (χ3v) is 21.3. The van der Waals surface area contributed by atoms with Crippen molar-refractivity contribution < 1.29 is 64.6 Å². The number of allylic oxidation sites excluding steroid dienone is 16. The molecule has 2 fully saturated rings. The Morgan fingerprint density at radius 3 is 1.00 bits per heavy atom. The van der Waals surface area contributed by atoms with Crippen LogP contribution in [0, 0.1) is 0 Å². The van der Waals surface area contributed by atoms with E-state index in [1.807, 2.05) is 0 Å². The number of aliphatic hydroxyl groups excluding tert-OH is 8. The van der Waals surface area contributed by atoms with Crippen molar-refractivity contribution in [2.24, 2.45) is 0 Å². The summed E-state index contributed by atoms with van der Waals surface area (Å²) in [5.74, 6) is -0.203. The Morgan fingerprint density at radius 1 is 0.349 bits per heavy atom. The van der Waals surface area contributed by atoms with Crippen LogP contribution in [0.3, 0.4) is 0 Å².